The predicted octanol–water partition coefficient (Wildman–Crippen LogP) is -2.08. The molecule has 2 aliphatic rings. The number of hydrogen-bond donors (Lipinski definition) is 10. The van der Waals surface area contributed by atoms with Crippen LogP contribution in [-0.4, -0.2) is 119 Å². The molecule has 0 radical (unpaired) electrons. The summed E-state index contributed by atoms with van der Waals surface area (Å²) >= 11 is 0. The van der Waals surface area contributed by atoms with Crippen molar-refractivity contribution in [1.82, 2.24) is 0 Å². The maximum absolute atomic E-state index is 13.1. The summed E-state index contributed by atoms with van der Waals surface area (Å²) in [5, 5.41) is 103. The van der Waals surface area contributed by atoms with Crippen molar-refractivity contribution < 1.29 is 69.7 Å². The number of phenols is 3. The molecule has 228 valence electrons. The molecule has 3 heterocycles. The third-order valence-corrected chi connectivity index (χ3v) is 7.44. The minimum absolute atomic E-state index is 0.0553. The highest BCUT2D eigenvalue weighted by molar-refractivity contribution is 5.89. The van der Waals surface area contributed by atoms with Gasteiger partial charge < -0.3 is 69.7 Å². The molecule has 3 aromatic rings. The van der Waals surface area contributed by atoms with Crippen LogP contribution < -0.4 is 5.43 Å². The van der Waals surface area contributed by atoms with Gasteiger partial charge in [-0.3, -0.25) is 4.79 Å². The second-order valence-electron chi connectivity index (χ2n) is 10.1. The average Bonchev–Trinajstić information content (AvgIpc) is 2.96. The molecular formula is C27H30O15. The number of hydrogen-bond acceptors (Lipinski definition) is 15. The van der Waals surface area contributed by atoms with Crippen LogP contribution in [0.15, 0.2) is 45.6 Å². The van der Waals surface area contributed by atoms with E-state index in [2.05, 4.69) is 0 Å². The topological polar surface area (TPSA) is 260 Å². The Balaban J connectivity index is 1.66. The third-order valence-electron chi connectivity index (χ3n) is 7.44. The Bertz CT molecular complexity index is 1470. The summed E-state index contributed by atoms with van der Waals surface area (Å²) in [5.41, 5.74) is -1.21. The highest BCUT2D eigenvalue weighted by atomic mass is 16.7. The molecule has 2 aromatic carbocycles. The van der Waals surface area contributed by atoms with Crippen molar-refractivity contribution in [3.05, 3.63) is 52.2 Å². The van der Waals surface area contributed by atoms with Gasteiger partial charge in [-0.25, -0.2) is 0 Å². The molecule has 2 aliphatic heterocycles. The SMILES string of the molecule is O=c1cc(-c2ccc(O)cc2)oc2c([C@@H]3O[C@H](CO)[C@@H](O)[C@H](O)[C@H]3O[C@H]3O[C@@H](CO)[C@H](O)[C@@H](O)[C@@H]3O)c(O)cc(O)c12. The number of ether oxygens (including phenoxy) is 3. The van der Waals surface area contributed by atoms with Gasteiger partial charge >= 0.3 is 0 Å². The Kier molecular flexibility index (Phi) is 8.41. The Hall–Kier alpha value is -3.35. The molecule has 0 aliphatic carbocycles. The van der Waals surface area contributed by atoms with Crippen LogP contribution in [0.25, 0.3) is 22.3 Å². The molecule has 0 spiro atoms. The second kappa shape index (κ2) is 11.7. The van der Waals surface area contributed by atoms with Crippen molar-refractivity contribution in [2.75, 3.05) is 13.2 Å². The van der Waals surface area contributed by atoms with Crippen molar-refractivity contribution in [3.63, 3.8) is 0 Å². The Morgan fingerprint density at radius 3 is 2.00 bits per heavy atom. The van der Waals surface area contributed by atoms with Gasteiger partial charge in [-0.05, 0) is 24.3 Å². The first-order valence-corrected chi connectivity index (χ1v) is 12.9. The summed E-state index contributed by atoms with van der Waals surface area (Å²) in [6, 6.07) is 7.41. The minimum atomic E-state index is -1.92. The van der Waals surface area contributed by atoms with E-state index >= 15 is 0 Å². The molecule has 2 fully saturated rings. The fourth-order valence-electron chi connectivity index (χ4n) is 5.17. The molecular weight excluding hydrogens is 564 g/mol. The molecule has 0 bridgehead atoms. The quantitative estimate of drug-likeness (QED) is 0.147. The standard InChI is InChI=1S/C27H30O15/c28-7-15-20(35)22(37)26(42-27-23(38)21(36)19(34)16(8-29)41-27)25(40-15)18-12(32)5-11(31)17-13(33)6-14(39-24(17)18)9-1-3-10(30)4-2-9/h1-6,15-16,19-23,25-32,34-38H,7-8H2/t15-,16+,19+,20-,21-,22+,23+,25+,26-,27-/m1/s1. The lowest BCUT2D eigenvalue weighted by molar-refractivity contribution is -0.342. The number of benzene rings is 2. The van der Waals surface area contributed by atoms with Crippen LogP contribution in [-0.2, 0) is 14.2 Å². The first kappa shape index (κ1) is 30.1. The zero-order valence-corrected chi connectivity index (χ0v) is 21.7. The lowest BCUT2D eigenvalue weighted by Gasteiger charge is -2.46. The van der Waals surface area contributed by atoms with Crippen LogP contribution in [0.2, 0.25) is 0 Å². The van der Waals surface area contributed by atoms with Crippen molar-refractivity contribution in [2.24, 2.45) is 0 Å². The second-order valence-corrected chi connectivity index (χ2v) is 10.1. The number of fused-ring (bicyclic) bond motifs is 1. The highest BCUT2D eigenvalue weighted by Crippen LogP contribution is 2.45. The first-order valence-electron chi connectivity index (χ1n) is 12.9. The number of phenolic OH excluding ortho intramolecular Hbond substituents is 3. The van der Waals surface area contributed by atoms with Gasteiger partial charge in [-0.2, -0.15) is 0 Å². The smallest absolute Gasteiger partial charge is 0.197 e. The summed E-state index contributed by atoms with van der Waals surface area (Å²) in [6.07, 6.45) is -17.3. The summed E-state index contributed by atoms with van der Waals surface area (Å²) in [4.78, 5) is 13.1. The normalized spacial score (nSPS) is 33.6. The summed E-state index contributed by atoms with van der Waals surface area (Å²) in [5.74, 6) is -1.50. The number of aliphatic hydroxyl groups is 7. The van der Waals surface area contributed by atoms with Gasteiger partial charge in [0.05, 0.1) is 18.8 Å². The molecule has 0 amide bonds. The van der Waals surface area contributed by atoms with Crippen LogP contribution >= 0.6 is 0 Å². The molecule has 1 aromatic heterocycles. The van der Waals surface area contributed by atoms with Crippen LogP contribution in [0.1, 0.15) is 11.7 Å². The van der Waals surface area contributed by atoms with E-state index in [4.69, 9.17) is 18.6 Å². The van der Waals surface area contributed by atoms with E-state index in [1.165, 1.54) is 24.3 Å². The maximum Gasteiger partial charge on any atom is 0.197 e. The van der Waals surface area contributed by atoms with Crippen molar-refractivity contribution in [2.45, 2.75) is 61.2 Å². The Morgan fingerprint density at radius 1 is 0.738 bits per heavy atom. The van der Waals surface area contributed by atoms with E-state index < -0.39 is 102 Å². The zero-order chi connectivity index (χ0) is 30.5. The summed E-state index contributed by atoms with van der Waals surface area (Å²) < 4.78 is 22.9. The van der Waals surface area contributed by atoms with Gasteiger partial charge in [0.2, 0.25) is 0 Å². The van der Waals surface area contributed by atoms with Crippen LogP contribution in [0.4, 0.5) is 0 Å². The van der Waals surface area contributed by atoms with E-state index in [0.717, 1.165) is 12.1 Å². The van der Waals surface area contributed by atoms with Crippen LogP contribution in [0.5, 0.6) is 17.2 Å². The lowest BCUT2D eigenvalue weighted by Crippen LogP contribution is -2.62. The average molecular weight is 595 g/mol. The lowest BCUT2D eigenvalue weighted by atomic mass is 9.89. The van der Waals surface area contributed by atoms with Crippen molar-refractivity contribution in [3.8, 4) is 28.6 Å². The molecule has 15 nitrogen and oxygen atoms in total. The first-order chi connectivity index (χ1) is 20.0. The van der Waals surface area contributed by atoms with E-state index in [0.29, 0.717) is 5.56 Å². The maximum atomic E-state index is 13.1. The fourth-order valence-corrected chi connectivity index (χ4v) is 5.17. The van der Waals surface area contributed by atoms with Gasteiger partial charge in [0, 0.05) is 17.7 Å². The van der Waals surface area contributed by atoms with E-state index in [9.17, 15) is 55.9 Å². The Labute approximate surface area is 236 Å². The largest absolute Gasteiger partial charge is 0.508 e. The number of aliphatic hydroxyl groups excluding tert-OH is 7. The molecule has 5 rings (SSSR count). The van der Waals surface area contributed by atoms with Gasteiger partial charge in [0.15, 0.2) is 17.3 Å². The van der Waals surface area contributed by atoms with Crippen LogP contribution in [0, 0.1) is 0 Å². The van der Waals surface area contributed by atoms with E-state index in [1.54, 1.807) is 0 Å². The van der Waals surface area contributed by atoms with Gasteiger partial charge in [0.25, 0.3) is 0 Å². The molecule has 0 saturated carbocycles. The van der Waals surface area contributed by atoms with Crippen molar-refractivity contribution >= 4 is 11.0 Å². The summed E-state index contributed by atoms with van der Waals surface area (Å²) in [6.45, 7) is -1.61. The summed E-state index contributed by atoms with van der Waals surface area (Å²) in [7, 11) is 0. The molecule has 42 heavy (non-hydrogen) atoms. The van der Waals surface area contributed by atoms with Gasteiger partial charge in [0.1, 0.15) is 83.3 Å². The third kappa shape index (κ3) is 5.20. The van der Waals surface area contributed by atoms with Crippen molar-refractivity contribution in [1.29, 1.82) is 0 Å². The molecule has 0 unspecified atom stereocenters. The van der Waals surface area contributed by atoms with Gasteiger partial charge in [-0.15, -0.1) is 0 Å². The number of rotatable bonds is 6. The monoisotopic (exact) mass is 594 g/mol. The Morgan fingerprint density at radius 2 is 1.36 bits per heavy atom. The number of aromatic hydroxyl groups is 3. The highest BCUT2D eigenvalue weighted by Gasteiger charge is 2.52. The molecule has 15 heteroatoms. The van der Waals surface area contributed by atoms with Gasteiger partial charge in [-0.1, -0.05) is 0 Å². The molecule has 10 N–H and O–H groups in total. The molecule has 2 saturated heterocycles. The van der Waals surface area contributed by atoms with E-state index in [-0.39, 0.29) is 17.1 Å². The molecule has 10 atom stereocenters. The van der Waals surface area contributed by atoms with Crippen LogP contribution in [0.3, 0.4) is 0 Å². The van der Waals surface area contributed by atoms with E-state index in [1.807, 2.05) is 0 Å². The zero-order valence-electron chi connectivity index (χ0n) is 21.7. The fraction of sp³-hybridized carbons (Fsp3) is 0.444. The minimum Gasteiger partial charge on any atom is -0.508 e. The predicted molar refractivity (Wildman–Crippen MR) is 138 cm³/mol.